The number of hydrogen-bond acceptors (Lipinski definition) is 5. The standard InChI is InChI=1S/C12H11FN2O2S/c1-17-7-2-3-8(9(13)4-7)12(16)10-6-18-11(5-14)15-10/h2-4,6H,5,14H2,1H3. The van der Waals surface area contributed by atoms with Crippen molar-refractivity contribution < 1.29 is 13.9 Å². The molecule has 0 saturated heterocycles. The number of carbonyl (C=O) groups excluding carboxylic acids is 1. The number of carbonyl (C=O) groups is 1. The Morgan fingerprint density at radius 2 is 2.33 bits per heavy atom. The molecule has 0 radical (unpaired) electrons. The van der Waals surface area contributed by atoms with Gasteiger partial charge in [-0.15, -0.1) is 11.3 Å². The topological polar surface area (TPSA) is 65.2 Å². The number of nitrogens with zero attached hydrogens (tertiary/aromatic N) is 1. The van der Waals surface area contributed by atoms with Gasteiger partial charge in [0.05, 0.1) is 12.7 Å². The normalized spacial score (nSPS) is 10.4. The number of benzene rings is 1. The molecule has 1 heterocycles. The zero-order valence-corrected chi connectivity index (χ0v) is 10.5. The first-order valence-corrected chi connectivity index (χ1v) is 6.06. The number of hydrogen-bond donors (Lipinski definition) is 1. The SMILES string of the molecule is COc1ccc(C(=O)c2csc(CN)n2)c(F)c1. The summed E-state index contributed by atoms with van der Waals surface area (Å²) in [6.07, 6.45) is 0. The van der Waals surface area contributed by atoms with Crippen LogP contribution in [0.2, 0.25) is 0 Å². The van der Waals surface area contributed by atoms with Gasteiger partial charge >= 0.3 is 0 Å². The first-order chi connectivity index (χ1) is 8.65. The van der Waals surface area contributed by atoms with Gasteiger partial charge in [-0.25, -0.2) is 9.37 Å². The van der Waals surface area contributed by atoms with E-state index in [-0.39, 0.29) is 17.8 Å². The first kappa shape index (κ1) is 12.7. The summed E-state index contributed by atoms with van der Waals surface area (Å²) in [6, 6.07) is 4.09. The van der Waals surface area contributed by atoms with Gasteiger partial charge in [0.15, 0.2) is 0 Å². The second-order valence-corrected chi connectivity index (χ2v) is 4.45. The molecule has 0 bridgehead atoms. The van der Waals surface area contributed by atoms with Crippen LogP contribution in [-0.2, 0) is 6.54 Å². The molecule has 0 fully saturated rings. The molecule has 2 N–H and O–H groups in total. The summed E-state index contributed by atoms with van der Waals surface area (Å²) in [6.45, 7) is 0.267. The lowest BCUT2D eigenvalue weighted by Gasteiger charge is -2.03. The third kappa shape index (κ3) is 2.39. The summed E-state index contributed by atoms with van der Waals surface area (Å²) >= 11 is 1.28. The van der Waals surface area contributed by atoms with Crippen molar-refractivity contribution in [3.05, 3.63) is 45.7 Å². The Morgan fingerprint density at radius 1 is 1.56 bits per heavy atom. The second-order valence-electron chi connectivity index (χ2n) is 3.51. The highest BCUT2D eigenvalue weighted by Crippen LogP contribution is 2.20. The van der Waals surface area contributed by atoms with E-state index in [2.05, 4.69) is 4.98 Å². The molecule has 6 heteroatoms. The van der Waals surface area contributed by atoms with Crippen molar-refractivity contribution >= 4 is 17.1 Å². The summed E-state index contributed by atoms with van der Waals surface area (Å²) in [5, 5.41) is 2.22. The van der Waals surface area contributed by atoms with Gasteiger partial charge in [-0.2, -0.15) is 0 Å². The molecule has 1 aromatic heterocycles. The van der Waals surface area contributed by atoms with Crippen molar-refractivity contribution in [1.29, 1.82) is 0 Å². The van der Waals surface area contributed by atoms with Crippen LogP contribution in [0.1, 0.15) is 21.1 Å². The Hall–Kier alpha value is -1.79. The van der Waals surface area contributed by atoms with E-state index in [9.17, 15) is 9.18 Å². The van der Waals surface area contributed by atoms with Crippen molar-refractivity contribution in [3.63, 3.8) is 0 Å². The molecular formula is C12H11FN2O2S. The second kappa shape index (κ2) is 5.24. The number of nitrogens with two attached hydrogens (primary N) is 1. The summed E-state index contributed by atoms with van der Waals surface area (Å²) < 4.78 is 18.6. The van der Waals surface area contributed by atoms with Crippen LogP contribution in [0, 0.1) is 5.82 Å². The molecule has 4 nitrogen and oxygen atoms in total. The molecule has 0 aliphatic carbocycles. The Balaban J connectivity index is 2.33. The van der Waals surface area contributed by atoms with Crippen LogP contribution in [0.3, 0.4) is 0 Å². The zero-order valence-electron chi connectivity index (χ0n) is 9.64. The number of ether oxygens (including phenoxy) is 1. The maximum atomic E-state index is 13.7. The van der Waals surface area contributed by atoms with Crippen LogP contribution in [0.15, 0.2) is 23.6 Å². The van der Waals surface area contributed by atoms with Gasteiger partial charge in [-0.3, -0.25) is 4.79 Å². The third-order valence-electron chi connectivity index (χ3n) is 2.38. The smallest absolute Gasteiger partial charge is 0.215 e. The van der Waals surface area contributed by atoms with Gasteiger partial charge in [0, 0.05) is 18.0 Å². The first-order valence-electron chi connectivity index (χ1n) is 5.18. The quantitative estimate of drug-likeness (QED) is 0.859. The fourth-order valence-corrected chi connectivity index (χ4v) is 2.11. The lowest BCUT2D eigenvalue weighted by atomic mass is 10.1. The van der Waals surface area contributed by atoms with Crippen LogP contribution in [0.4, 0.5) is 4.39 Å². The lowest BCUT2D eigenvalue weighted by molar-refractivity contribution is 0.103. The molecule has 94 valence electrons. The molecule has 0 saturated carbocycles. The van der Waals surface area contributed by atoms with Gasteiger partial charge in [0.1, 0.15) is 22.3 Å². The number of halogens is 1. The number of aromatic nitrogens is 1. The summed E-state index contributed by atoms with van der Waals surface area (Å²) in [5.41, 5.74) is 5.60. The number of rotatable bonds is 4. The van der Waals surface area contributed by atoms with Crippen molar-refractivity contribution in [2.45, 2.75) is 6.54 Å². The minimum atomic E-state index is -0.623. The van der Waals surface area contributed by atoms with Gasteiger partial charge in [-0.1, -0.05) is 0 Å². The highest BCUT2D eigenvalue weighted by Gasteiger charge is 2.17. The van der Waals surface area contributed by atoms with Crippen molar-refractivity contribution in [1.82, 2.24) is 4.98 Å². The zero-order chi connectivity index (χ0) is 13.1. The van der Waals surface area contributed by atoms with Crippen LogP contribution >= 0.6 is 11.3 Å². The van der Waals surface area contributed by atoms with E-state index in [1.807, 2.05) is 0 Å². The molecule has 0 aliphatic heterocycles. The minimum Gasteiger partial charge on any atom is -0.497 e. The molecule has 0 amide bonds. The van der Waals surface area contributed by atoms with Crippen LogP contribution in [-0.4, -0.2) is 17.9 Å². The highest BCUT2D eigenvalue weighted by molar-refractivity contribution is 7.09. The van der Waals surface area contributed by atoms with E-state index in [0.717, 1.165) is 0 Å². The molecule has 1 aromatic carbocycles. The predicted octanol–water partition coefficient (Wildman–Crippen LogP) is 1.98. The highest BCUT2D eigenvalue weighted by atomic mass is 32.1. The van der Waals surface area contributed by atoms with Crippen molar-refractivity contribution in [2.75, 3.05) is 7.11 Å². The molecular weight excluding hydrogens is 255 g/mol. The Morgan fingerprint density at radius 3 is 2.89 bits per heavy atom. The van der Waals surface area contributed by atoms with E-state index in [1.165, 1.54) is 36.6 Å². The molecule has 2 rings (SSSR count). The molecule has 2 aromatic rings. The number of thiazole rings is 1. The van der Waals surface area contributed by atoms with Gasteiger partial charge in [0.25, 0.3) is 0 Å². The Bertz CT molecular complexity index is 583. The maximum Gasteiger partial charge on any atom is 0.215 e. The van der Waals surface area contributed by atoms with Gasteiger partial charge < -0.3 is 10.5 Å². The van der Waals surface area contributed by atoms with E-state index < -0.39 is 11.6 Å². The fraction of sp³-hybridized carbons (Fsp3) is 0.167. The predicted molar refractivity (Wildman–Crippen MR) is 66.4 cm³/mol. The molecule has 0 unspecified atom stereocenters. The van der Waals surface area contributed by atoms with Crippen LogP contribution in [0.5, 0.6) is 5.75 Å². The third-order valence-corrected chi connectivity index (χ3v) is 3.25. The van der Waals surface area contributed by atoms with Crippen molar-refractivity contribution in [3.8, 4) is 5.75 Å². The van der Waals surface area contributed by atoms with Crippen molar-refractivity contribution in [2.24, 2.45) is 5.73 Å². The van der Waals surface area contributed by atoms with E-state index in [1.54, 1.807) is 5.38 Å². The Labute approximate surface area is 107 Å². The molecule has 18 heavy (non-hydrogen) atoms. The Kier molecular flexibility index (Phi) is 3.69. The largest absolute Gasteiger partial charge is 0.497 e. The summed E-state index contributed by atoms with van der Waals surface area (Å²) in [7, 11) is 1.43. The minimum absolute atomic E-state index is 0.0235. The molecule has 0 atom stereocenters. The van der Waals surface area contributed by atoms with E-state index in [4.69, 9.17) is 10.5 Å². The average molecular weight is 266 g/mol. The molecule has 0 spiro atoms. The lowest BCUT2D eigenvalue weighted by Crippen LogP contribution is -2.06. The monoisotopic (exact) mass is 266 g/mol. The van der Waals surface area contributed by atoms with Crippen LogP contribution < -0.4 is 10.5 Å². The maximum absolute atomic E-state index is 13.7. The van der Waals surface area contributed by atoms with Gasteiger partial charge in [0.2, 0.25) is 5.78 Å². The average Bonchev–Trinajstić information content (AvgIpc) is 2.86. The number of ketones is 1. The van der Waals surface area contributed by atoms with Crippen LogP contribution in [0.25, 0.3) is 0 Å². The molecule has 0 aliphatic rings. The summed E-state index contributed by atoms with van der Waals surface area (Å²) in [5.74, 6) is -0.710. The fourth-order valence-electron chi connectivity index (χ4n) is 1.45. The number of methoxy groups -OCH3 is 1. The van der Waals surface area contributed by atoms with E-state index in [0.29, 0.717) is 10.8 Å². The van der Waals surface area contributed by atoms with Gasteiger partial charge in [-0.05, 0) is 12.1 Å². The summed E-state index contributed by atoms with van der Waals surface area (Å²) in [4.78, 5) is 16.1. The van der Waals surface area contributed by atoms with E-state index >= 15 is 0 Å².